The van der Waals surface area contributed by atoms with Crippen LogP contribution < -0.4 is 0 Å². The molecular weight excluding hydrogens is 699 g/mol. The fourth-order valence-electron chi connectivity index (χ4n) is 5.76. The van der Waals surface area contributed by atoms with Gasteiger partial charge in [0.2, 0.25) is 0 Å². The molecule has 5 rings (SSSR count). The van der Waals surface area contributed by atoms with Gasteiger partial charge in [0.1, 0.15) is 0 Å². The minimum absolute atomic E-state index is 0.0695. The molecule has 0 bridgehead atoms. The Balaban J connectivity index is 1.89. The Morgan fingerprint density at radius 1 is 0.640 bits per heavy atom. The highest BCUT2D eigenvalue weighted by Crippen LogP contribution is 2.43. The monoisotopic (exact) mass is 720 g/mol. The number of aromatic carboxylic acids is 2. The fourth-order valence-corrected chi connectivity index (χ4v) is 6.28. The van der Waals surface area contributed by atoms with Gasteiger partial charge >= 0.3 is 11.9 Å². The Morgan fingerprint density at radius 3 is 1.24 bits per heavy atom. The molecule has 16 nitrogen and oxygen atoms in total. The summed E-state index contributed by atoms with van der Waals surface area (Å²) in [5.74, 6) is -4.70. The highest BCUT2D eigenvalue weighted by molar-refractivity contribution is 6.36. The van der Waals surface area contributed by atoms with Crippen LogP contribution in [0.5, 0.6) is 0 Å². The topological polar surface area (TPSA) is 231 Å². The maximum absolute atomic E-state index is 14.2. The molecule has 3 aromatic carbocycles. The third-order valence-corrected chi connectivity index (χ3v) is 8.48. The fraction of sp³-hybridized carbons (Fsp3) is 0.125. The lowest BCUT2D eigenvalue weighted by Crippen LogP contribution is -2.14. The van der Waals surface area contributed by atoms with Crippen molar-refractivity contribution in [2.45, 2.75) is 13.8 Å². The summed E-state index contributed by atoms with van der Waals surface area (Å²) in [6.45, 7) is 2.88. The quantitative estimate of drug-likeness (QED) is 0.0948. The van der Waals surface area contributed by atoms with Gasteiger partial charge in [0.05, 0.1) is 64.9 Å². The van der Waals surface area contributed by atoms with E-state index in [1.54, 1.807) is 0 Å². The molecule has 2 aromatic heterocycles. The van der Waals surface area contributed by atoms with Gasteiger partial charge in [-0.3, -0.25) is 39.2 Å². The Morgan fingerprint density at radius 2 is 0.960 bits per heavy atom. The number of rotatable bonds is 10. The molecule has 0 saturated carbocycles. The van der Waals surface area contributed by atoms with Crippen molar-refractivity contribution in [1.29, 1.82) is 0 Å². The number of carboxylic acid groups (broad SMARTS) is 2. The predicted octanol–water partition coefficient (Wildman–Crippen LogP) is 6.09. The molecule has 5 aromatic rings. The molecule has 50 heavy (non-hydrogen) atoms. The van der Waals surface area contributed by atoms with E-state index in [0.29, 0.717) is 0 Å². The number of nitro benzene ring substituents is 2. The first-order chi connectivity index (χ1) is 23.5. The summed E-state index contributed by atoms with van der Waals surface area (Å²) in [4.78, 5) is 75.2. The van der Waals surface area contributed by atoms with E-state index in [2.05, 4.69) is 10.2 Å². The van der Waals surface area contributed by atoms with Gasteiger partial charge in [-0.25, -0.2) is 9.59 Å². The molecule has 0 unspecified atom stereocenters. The van der Waals surface area contributed by atoms with E-state index < -0.39 is 55.9 Å². The van der Waals surface area contributed by atoms with Crippen LogP contribution in [0, 0.1) is 34.1 Å². The lowest BCUT2D eigenvalue weighted by Gasteiger charge is -2.19. The second kappa shape index (κ2) is 13.0. The summed E-state index contributed by atoms with van der Waals surface area (Å²) in [7, 11) is 2.77. The van der Waals surface area contributed by atoms with Crippen molar-refractivity contribution in [2.24, 2.45) is 14.1 Å². The molecule has 0 radical (unpaired) electrons. The number of hydrogen-bond acceptors (Lipinski definition) is 10. The molecule has 0 aliphatic carbocycles. The summed E-state index contributed by atoms with van der Waals surface area (Å²) in [6, 6.07) is 8.36. The SMILES string of the molecule is Cc1nn(C)c(-c2c(C(=O)O)ccc(C(=O)O)c2-c2c(C(=O)c3ccc([N+](=O)[O-])cc3Cl)c(C)nn2C)c1C(=O)c1ccc([N+](=O)[O-])cc1Cl. The van der Waals surface area contributed by atoms with Crippen LogP contribution in [0.25, 0.3) is 22.5 Å². The average molecular weight is 721 g/mol. The molecule has 18 heteroatoms. The molecule has 0 amide bonds. The van der Waals surface area contributed by atoms with Crippen LogP contribution in [0.15, 0.2) is 48.5 Å². The number of aromatic nitrogens is 4. The van der Waals surface area contributed by atoms with Crippen molar-refractivity contribution in [3.8, 4) is 22.5 Å². The van der Waals surface area contributed by atoms with Crippen LogP contribution in [-0.4, -0.2) is 63.1 Å². The number of carboxylic acids is 2. The van der Waals surface area contributed by atoms with Crippen LogP contribution in [-0.2, 0) is 14.1 Å². The van der Waals surface area contributed by atoms with Gasteiger partial charge in [0.25, 0.3) is 11.4 Å². The summed E-state index contributed by atoms with van der Waals surface area (Å²) < 4.78 is 2.33. The molecular formula is C32H22Cl2N6O10. The number of nitro groups is 2. The first kappa shape index (κ1) is 35.1. The van der Waals surface area contributed by atoms with Crippen molar-refractivity contribution in [3.05, 3.63) is 124 Å². The first-order valence-electron chi connectivity index (χ1n) is 14.1. The van der Waals surface area contributed by atoms with E-state index in [9.17, 15) is 49.6 Å². The van der Waals surface area contributed by atoms with Gasteiger partial charge in [-0.2, -0.15) is 10.2 Å². The van der Waals surface area contributed by atoms with E-state index in [4.69, 9.17) is 23.2 Å². The Kier molecular flexibility index (Phi) is 9.10. The number of halogens is 2. The molecule has 0 saturated heterocycles. The summed E-state index contributed by atoms with van der Waals surface area (Å²) in [5, 5.41) is 51.5. The average Bonchev–Trinajstić information content (AvgIpc) is 3.50. The van der Waals surface area contributed by atoms with Crippen LogP contribution >= 0.6 is 23.2 Å². The van der Waals surface area contributed by atoms with Gasteiger partial charge in [-0.15, -0.1) is 0 Å². The van der Waals surface area contributed by atoms with Crippen LogP contribution in [0.4, 0.5) is 11.4 Å². The largest absolute Gasteiger partial charge is 0.478 e. The van der Waals surface area contributed by atoms with E-state index in [-0.39, 0.29) is 66.2 Å². The molecule has 2 N–H and O–H groups in total. The Labute approximate surface area is 290 Å². The van der Waals surface area contributed by atoms with Crippen molar-refractivity contribution < 1.29 is 39.2 Å². The number of benzene rings is 3. The smallest absolute Gasteiger partial charge is 0.336 e. The molecule has 0 atom stereocenters. The number of hydrogen-bond donors (Lipinski definition) is 2. The van der Waals surface area contributed by atoms with Crippen molar-refractivity contribution in [3.63, 3.8) is 0 Å². The third kappa shape index (κ3) is 5.86. The maximum atomic E-state index is 14.2. The van der Waals surface area contributed by atoms with Crippen molar-refractivity contribution in [1.82, 2.24) is 19.6 Å². The standard InChI is InChI=1S/C32H22Cl2N6O10/c1-13-23(29(41)17-7-5-15(39(47)48)11-21(17)33)27(37(3)35-13)25-19(31(43)44)9-10-20(32(45)46)26(25)28-24(14(2)36-38(28)4)30(42)18-8-6-16(40(49)50)12-22(18)34/h5-12H,1-4H3,(H,43,44)(H,45,46). The Hall–Kier alpha value is -6.26. The van der Waals surface area contributed by atoms with E-state index in [1.807, 2.05) is 0 Å². The van der Waals surface area contributed by atoms with Gasteiger partial charge in [-0.05, 0) is 38.1 Å². The number of aryl methyl sites for hydroxylation is 4. The predicted molar refractivity (Wildman–Crippen MR) is 177 cm³/mol. The zero-order valence-corrected chi connectivity index (χ0v) is 27.7. The van der Waals surface area contributed by atoms with Gasteiger partial charge < -0.3 is 10.2 Å². The van der Waals surface area contributed by atoms with E-state index in [0.717, 1.165) is 57.9 Å². The summed E-state index contributed by atoms with van der Waals surface area (Å²) in [6.07, 6.45) is 0. The van der Waals surface area contributed by atoms with Crippen LogP contribution in [0.2, 0.25) is 10.0 Å². The molecule has 0 aliphatic heterocycles. The van der Waals surface area contributed by atoms with Crippen LogP contribution in [0.1, 0.15) is 63.9 Å². The van der Waals surface area contributed by atoms with Gasteiger partial charge in [-0.1, -0.05) is 23.2 Å². The maximum Gasteiger partial charge on any atom is 0.336 e. The number of non-ortho nitro benzene ring substituents is 2. The molecule has 2 heterocycles. The molecule has 0 fully saturated rings. The van der Waals surface area contributed by atoms with Crippen molar-refractivity contribution in [2.75, 3.05) is 0 Å². The number of nitrogens with zero attached hydrogens (tertiary/aromatic N) is 6. The molecule has 0 aliphatic rings. The van der Waals surface area contributed by atoms with E-state index in [1.165, 1.54) is 27.9 Å². The van der Waals surface area contributed by atoms with Crippen LogP contribution in [0.3, 0.4) is 0 Å². The normalized spacial score (nSPS) is 11.0. The summed E-state index contributed by atoms with van der Waals surface area (Å²) >= 11 is 12.6. The highest BCUT2D eigenvalue weighted by Gasteiger charge is 2.35. The number of ketones is 2. The number of carbonyl (C=O) groups excluding carboxylic acids is 2. The minimum Gasteiger partial charge on any atom is -0.478 e. The first-order valence-corrected chi connectivity index (χ1v) is 14.9. The second-order valence-corrected chi connectivity index (χ2v) is 11.7. The zero-order chi connectivity index (χ0) is 36.9. The van der Waals surface area contributed by atoms with Gasteiger partial charge in [0.15, 0.2) is 11.6 Å². The highest BCUT2D eigenvalue weighted by atomic mass is 35.5. The molecule has 254 valence electrons. The van der Waals surface area contributed by atoms with E-state index >= 15 is 0 Å². The lowest BCUT2D eigenvalue weighted by molar-refractivity contribution is -0.385. The summed E-state index contributed by atoms with van der Waals surface area (Å²) in [5.41, 5.74) is -3.42. The zero-order valence-electron chi connectivity index (χ0n) is 26.2. The second-order valence-electron chi connectivity index (χ2n) is 10.9. The number of carbonyl (C=O) groups is 4. The third-order valence-electron chi connectivity index (χ3n) is 7.85. The minimum atomic E-state index is -1.53. The Bertz CT molecular complexity index is 2200. The van der Waals surface area contributed by atoms with Gasteiger partial charge in [0, 0.05) is 60.6 Å². The molecule has 0 spiro atoms. The lowest BCUT2D eigenvalue weighted by atomic mass is 9.85. The van der Waals surface area contributed by atoms with Crippen molar-refractivity contribution >= 4 is 58.1 Å².